The number of ether oxygens (including phenoxy) is 1. The average molecular weight is 260 g/mol. The summed E-state index contributed by atoms with van der Waals surface area (Å²) in [6.07, 6.45) is 2.30. The van der Waals surface area contributed by atoms with Crippen LogP contribution >= 0.6 is 0 Å². The average Bonchev–Trinajstić information content (AvgIpc) is 3.08. The molecule has 1 atom stereocenters. The lowest BCUT2D eigenvalue weighted by Gasteiger charge is -2.16. The zero-order chi connectivity index (χ0) is 13.1. The summed E-state index contributed by atoms with van der Waals surface area (Å²) in [5, 5.41) is 3.27. The summed E-state index contributed by atoms with van der Waals surface area (Å²) in [5.41, 5.74) is 1.25. The number of hydrogen-bond acceptors (Lipinski definition) is 3. The molecule has 2 heterocycles. The molecule has 0 radical (unpaired) electrons. The van der Waals surface area contributed by atoms with Gasteiger partial charge in [-0.25, -0.2) is 0 Å². The number of likely N-dealkylation sites (tertiary alicyclic amines) is 1. The molecule has 3 rings (SSSR count). The van der Waals surface area contributed by atoms with Crippen LogP contribution in [0.1, 0.15) is 24.3 Å². The number of benzene rings is 1. The molecule has 0 saturated carbocycles. The molecule has 1 aromatic rings. The number of para-hydroxylation sites is 1. The van der Waals surface area contributed by atoms with Crippen LogP contribution in [0.15, 0.2) is 24.3 Å². The molecule has 102 valence electrons. The molecule has 4 heteroatoms. The van der Waals surface area contributed by atoms with E-state index in [-0.39, 0.29) is 5.91 Å². The fourth-order valence-electron chi connectivity index (χ4n) is 2.83. The van der Waals surface area contributed by atoms with Crippen molar-refractivity contribution in [2.75, 3.05) is 32.8 Å². The van der Waals surface area contributed by atoms with Crippen LogP contribution in [0.5, 0.6) is 5.75 Å². The number of nitrogens with zero attached hydrogens (tertiary/aromatic N) is 1. The van der Waals surface area contributed by atoms with Gasteiger partial charge in [0, 0.05) is 31.1 Å². The first-order valence-electron chi connectivity index (χ1n) is 7.05. The number of carbonyl (C=O) groups excluding carboxylic acids is 1. The lowest BCUT2D eigenvalue weighted by atomic mass is 10.0. The minimum Gasteiger partial charge on any atom is -0.493 e. The van der Waals surface area contributed by atoms with Gasteiger partial charge in [-0.15, -0.1) is 0 Å². The van der Waals surface area contributed by atoms with Crippen LogP contribution in [-0.2, 0) is 4.79 Å². The molecule has 0 spiro atoms. The Bertz CT molecular complexity index is 455. The molecule has 0 bridgehead atoms. The van der Waals surface area contributed by atoms with Crippen molar-refractivity contribution in [2.24, 2.45) is 0 Å². The van der Waals surface area contributed by atoms with E-state index in [4.69, 9.17) is 4.74 Å². The highest BCUT2D eigenvalue weighted by molar-refractivity contribution is 5.78. The second-order valence-corrected chi connectivity index (χ2v) is 5.26. The standard InChI is InChI=1S/C15H20N2O2/c18-15(17-7-3-4-8-17)10-16-9-12-11-19-14-6-2-1-5-13(12)14/h1-2,5-6,12,16H,3-4,7-11H2. The van der Waals surface area contributed by atoms with E-state index in [1.54, 1.807) is 0 Å². The van der Waals surface area contributed by atoms with Crippen molar-refractivity contribution in [1.82, 2.24) is 10.2 Å². The predicted molar refractivity (Wildman–Crippen MR) is 73.4 cm³/mol. The van der Waals surface area contributed by atoms with Crippen molar-refractivity contribution in [2.45, 2.75) is 18.8 Å². The van der Waals surface area contributed by atoms with Crippen molar-refractivity contribution in [3.8, 4) is 5.75 Å². The van der Waals surface area contributed by atoms with Crippen LogP contribution in [0.2, 0.25) is 0 Å². The van der Waals surface area contributed by atoms with Gasteiger partial charge in [0.05, 0.1) is 13.2 Å². The molecule has 1 saturated heterocycles. The minimum absolute atomic E-state index is 0.227. The number of hydrogen-bond donors (Lipinski definition) is 1. The second kappa shape index (κ2) is 5.61. The molecule has 19 heavy (non-hydrogen) atoms. The van der Waals surface area contributed by atoms with Crippen molar-refractivity contribution in [3.63, 3.8) is 0 Å². The normalized spacial score (nSPS) is 21.3. The molecule has 1 amide bonds. The highest BCUT2D eigenvalue weighted by Crippen LogP contribution is 2.32. The second-order valence-electron chi connectivity index (χ2n) is 5.26. The molecule has 1 aromatic carbocycles. The largest absolute Gasteiger partial charge is 0.493 e. The Kier molecular flexibility index (Phi) is 3.69. The number of fused-ring (bicyclic) bond motifs is 1. The molecule has 0 aromatic heterocycles. The third kappa shape index (κ3) is 2.73. The Morgan fingerprint density at radius 2 is 2.11 bits per heavy atom. The molecular weight excluding hydrogens is 240 g/mol. The summed E-state index contributed by atoms with van der Waals surface area (Å²) in [7, 11) is 0. The van der Waals surface area contributed by atoms with Gasteiger partial charge < -0.3 is 15.0 Å². The smallest absolute Gasteiger partial charge is 0.236 e. The Labute approximate surface area is 113 Å². The Morgan fingerprint density at radius 1 is 1.32 bits per heavy atom. The van der Waals surface area contributed by atoms with Gasteiger partial charge in [0.15, 0.2) is 0 Å². The van der Waals surface area contributed by atoms with E-state index in [0.717, 1.165) is 38.2 Å². The molecular formula is C15H20N2O2. The molecule has 2 aliphatic rings. The summed E-state index contributed by atoms with van der Waals surface area (Å²) in [5.74, 6) is 1.58. The summed E-state index contributed by atoms with van der Waals surface area (Å²) in [6.45, 7) is 3.81. The lowest BCUT2D eigenvalue weighted by Crippen LogP contribution is -2.37. The van der Waals surface area contributed by atoms with Crippen LogP contribution in [0.25, 0.3) is 0 Å². The van der Waals surface area contributed by atoms with Crippen LogP contribution < -0.4 is 10.1 Å². The predicted octanol–water partition coefficient (Wildman–Crippen LogP) is 1.37. The molecule has 4 nitrogen and oxygen atoms in total. The van der Waals surface area contributed by atoms with Crippen LogP contribution in [-0.4, -0.2) is 43.6 Å². The minimum atomic E-state index is 0.227. The van der Waals surface area contributed by atoms with Gasteiger partial charge in [-0.3, -0.25) is 4.79 Å². The first kappa shape index (κ1) is 12.5. The maximum absolute atomic E-state index is 11.9. The Balaban J connectivity index is 1.47. The topological polar surface area (TPSA) is 41.6 Å². The fraction of sp³-hybridized carbons (Fsp3) is 0.533. The number of nitrogens with one attached hydrogen (secondary N) is 1. The van der Waals surface area contributed by atoms with Gasteiger partial charge in [0.25, 0.3) is 0 Å². The summed E-state index contributed by atoms with van der Waals surface area (Å²) in [6, 6.07) is 8.14. The maximum Gasteiger partial charge on any atom is 0.236 e. The Hall–Kier alpha value is -1.55. The number of amides is 1. The quantitative estimate of drug-likeness (QED) is 0.889. The first-order chi connectivity index (χ1) is 9.34. The summed E-state index contributed by atoms with van der Waals surface area (Å²) >= 11 is 0. The summed E-state index contributed by atoms with van der Waals surface area (Å²) < 4.78 is 5.63. The zero-order valence-corrected chi connectivity index (χ0v) is 11.1. The maximum atomic E-state index is 11.9. The lowest BCUT2D eigenvalue weighted by molar-refractivity contribution is -0.129. The molecule has 1 N–H and O–H groups in total. The van der Waals surface area contributed by atoms with Crippen LogP contribution in [0.3, 0.4) is 0 Å². The first-order valence-corrected chi connectivity index (χ1v) is 7.05. The van der Waals surface area contributed by atoms with Crippen molar-refractivity contribution < 1.29 is 9.53 Å². The van der Waals surface area contributed by atoms with Gasteiger partial charge in [-0.05, 0) is 18.9 Å². The SMILES string of the molecule is O=C(CNCC1COc2ccccc21)N1CCCC1. The highest BCUT2D eigenvalue weighted by atomic mass is 16.5. The third-order valence-electron chi connectivity index (χ3n) is 3.92. The van der Waals surface area contributed by atoms with Gasteiger partial charge in [-0.2, -0.15) is 0 Å². The van der Waals surface area contributed by atoms with E-state index in [1.165, 1.54) is 5.56 Å². The van der Waals surface area contributed by atoms with E-state index in [9.17, 15) is 4.79 Å². The molecule has 2 aliphatic heterocycles. The number of rotatable bonds is 4. The van der Waals surface area contributed by atoms with Crippen LogP contribution in [0.4, 0.5) is 0 Å². The van der Waals surface area contributed by atoms with Gasteiger partial charge in [0.2, 0.25) is 5.91 Å². The van der Waals surface area contributed by atoms with E-state index < -0.39 is 0 Å². The van der Waals surface area contributed by atoms with Gasteiger partial charge in [-0.1, -0.05) is 18.2 Å². The van der Waals surface area contributed by atoms with Crippen molar-refractivity contribution >= 4 is 5.91 Å². The van der Waals surface area contributed by atoms with E-state index in [2.05, 4.69) is 11.4 Å². The molecule has 0 aliphatic carbocycles. The van der Waals surface area contributed by atoms with Crippen LogP contribution in [0, 0.1) is 0 Å². The van der Waals surface area contributed by atoms with Crippen molar-refractivity contribution in [3.05, 3.63) is 29.8 Å². The fourth-order valence-corrected chi connectivity index (χ4v) is 2.83. The van der Waals surface area contributed by atoms with E-state index >= 15 is 0 Å². The highest BCUT2D eigenvalue weighted by Gasteiger charge is 2.24. The molecule has 1 unspecified atom stereocenters. The Morgan fingerprint density at radius 3 is 2.95 bits per heavy atom. The van der Waals surface area contributed by atoms with Crippen molar-refractivity contribution in [1.29, 1.82) is 0 Å². The monoisotopic (exact) mass is 260 g/mol. The summed E-state index contributed by atoms with van der Waals surface area (Å²) in [4.78, 5) is 13.8. The molecule has 1 fully saturated rings. The van der Waals surface area contributed by atoms with E-state index in [1.807, 2.05) is 23.1 Å². The number of carbonyl (C=O) groups is 1. The van der Waals surface area contributed by atoms with E-state index in [0.29, 0.717) is 19.1 Å². The van der Waals surface area contributed by atoms with Gasteiger partial charge >= 0.3 is 0 Å². The zero-order valence-electron chi connectivity index (χ0n) is 11.1. The van der Waals surface area contributed by atoms with Gasteiger partial charge in [0.1, 0.15) is 5.75 Å². The third-order valence-corrected chi connectivity index (χ3v) is 3.92.